The molecule has 1 unspecified atom stereocenters. The van der Waals surface area contributed by atoms with Gasteiger partial charge in [0.15, 0.2) is 11.5 Å². The SMILES string of the molecule is COc1cc(C(=O)NCSC(c2cc(C(C)(C)NC(=O)OC(C)(C)C)cc(-c3ccc(F)c(Cl)c3)n2)C(F)(F)F)ccc1OCC(F)F. The highest BCUT2D eigenvalue weighted by molar-refractivity contribution is 7.99. The average molecular weight is 722 g/mol. The minimum atomic E-state index is -4.87. The molecular weight excluding hydrogens is 688 g/mol. The van der Waals surface area contributed by atoms with Gasteiger partial charge in [0.2, 0.25) is 0 Å². The lowest BCUT2D eigenvalue weighted by Crippen LogP contribution is -2.44. The molecule has 0 bridgehead atoms. The summed E-state index contributed by atoms with van der Waals surface area (Å²) in [5, 5.41) is 2.50. The quantitative estimate of drug-likeness (QED) is 0.143. The monoisotopic (exact) mass is 721 g/mol. The summed E-state index contributed by atoms with van der Waals surface area (Å²) in [6, 6.07) is 9.88. The van der Waals surface area contributed by atoms with E-state index in [2.05, 4.69) is 15.6 Å². The Morgan fingerprint density at radius 2 is 1.67 bits per heavy atom. The molecule has 262 valence electrons. The topological polar surface area (TPSA) is 98.8 Å². The van der Waals surface area contributed by atoms with Crippen LogP contribution < -0.4 is 20.1 Å². The molecule has 48 heavy (non-hydrogen) atoms. The molecule has 0 saturated heterocycles. The lowest BCUT2D eigenvalue weighted by molar-refractivity contribution is -0.130. The summed E-state index contributed by atoms with van der Waals surface area (Å²) >= 11 is 6.28. The number of hydrogen-bond acceptors (Lipinski definition) is 7. The number of aromatic nitrogens is 1. The fraction of sp³-hybridized carbons (Fsp3) is 0.406. The van der Waals surface area contributed by atoms with Gasteiger partial charge < -0.3 is 24.8 Å². The third-order valence-corrected chi connectivity index (χ3v) is 7.88. The molecule has 8 nitrogen and oxygen atoms in total. The van der Waals surface area contributed by atoms with E-state index >= 15 is 0 Å². The maximum atomic E-state index is 14.6. The molecule has 0 fully saturated rings. The number of carbonyl (C=O) groups is 2. The number of pyridine rings is 1. The second-order valence-electron chi connectivity index (χ2n) is 11.9. The van der Waals surface area contributed by atoms with Gasteiger partial charge in [0.1, 0.15) is 23.3 Å². The smallest absolute Gasteiger partial charge is 0.408 e. The van der Waals surface area contributed by atoms with Crippen LogP contribution in [0.1, 0.15) is 61.5 Å². The predicted octanol–water partition coefficient (Wildman–Crippen LogP) is 8.68. The van der Waals surface area contributed by atoms with Crippen LogP contribution in [-0.4, -0.2) is 54.8 Å². The predicted molar refractivity (Wildman–Crippen MR) is 170 cm³/mol. The fourth-order valence-electron chi connectivity index (χ4n) is 4.20. The van der Waals surface area contributed by atoms with Crippen LogP contribution in [0.5, 0.6) is 11.5 Å². The molecule has 1 aromatic heterocycles. The summed E-state index contributed by atoms with van der Waals surface area (Å²) in [7, 11) is 1.23. The highest BCUT2D eigenvalue weighted by Crippen LogP contribution is 2.44. The summed E-state index contributed by atoms with van der Waals surface area (Å²) in [5.41, 5.74) is -2.17. The van der Waals surface area contributed by atoms with Gasteiger partial charge in [-0.2, -0.15) is 13.2 Å². The number of alkyl halides is 5. The Balaban J connectivity index is 1.94. The summed E-state index contributed by atoms with van der Waals surface area (Å²) in [6.45, 7) is 7.18. The lowest BCUT2D eigenvalue weighted by atomic mass is 9.92. The van der Waals surface area contributed by atoms with Crippen molar-refractivity contribution in [2.75, 3.05) is 19.6 Å². The normalized spacial score (nSPS) is 12.8. The number of rotatable bonds is 12. The standard InChI is InChI=1S/C32H34ClF6N3O5S/c1-30(2,3)47-29(44)42-31(4,5)19-13-22(17-7-9-21(34)20(33)11-17)41-23(14-19)27(32(37,38)39)48-16-40-28(43)18-8-10-24(25(12-18)45-6)46-15-26(35)36/h7-14,26-27H,15-16H2,1-6H3,(H,40,43)(H,42,44). The van der Waals surface area contributed by atoms with E-state index in [4.69, 9.17) is 25.8 Å². The fourth-order valence-corrected chi connectivity index (χ4v) is 5.24. The van der Waals surface area contributed by atoms with Crippen molar-refractivity contribution in [2.24, 2.45) is 0 Å². The number of thioether (sulfide) groups is 1. The van der Waals surface area contributed by atoms with Crippen molar-refractivity contribution in [3.8, 4) is 22.8 Å². The van der Waals surface area contributed by atoms with Gasteiger partial charge in [-0.05, 0) is 88.7 Å². The third kappa shape index (κ3) is 10.8. The molecule has 0 spiro atoms. The number of methoxy groups -OCH3 is 1. The second-order valence-corrected chi connectivity index (χ2v) is 13.4. The molecule has 2 N–H and O–H groups in total. The molecule has 1 atom stereocenters. The van der Waals surface area contributed by atoms with Gasteiger partial charge in [-0.1, -0.05) is 11.6 Å². The summed E-state index contributed by atoms with van der Waals surface area (Å²) in [6.07, 6.45) is -8.43. The molecule has 0 aliphatic rings. The number of benzene rings is 2. The number of carbonyl (C=O) groups excluding carboxylic acids is 2. The minimum absolute atomic E-state index is 0.0172. The molecule has 3 aromatic rings. The van der Waals surface area contributed by atoms with E-state index in [1.165, 1.54) is 49.6 Å². The number of halogens is 7. The molecule has 0 aliphatic heterocycles. The highest BCUT2D eigenvalue weighted by atomic mass is 35.5. The van der Waals surface area contributed by atoms with Crippen LogP contribution in [0.4, 0.5) is 31.1 Å². The summed E-state index contributed by atoms with van der Waals surface area (Å²) in [5.74, 6) is -2.11. The van der Waals surface area contributed by atoms with Crippen molar-refractivity contribution in [3.05, 3.63) is 76.2 Å². The Hall–Kier alpha value is -3.85. The molecule has 1 heterocycles. The number of hydrogen-bond donors (Lipinski definition) is 2. The van der Waals surface area contributed by atoms with E-state index < -0.39 is 65.0 Å². The molecule has 2 amide bonds. The van der Waals surface area contributed by atoms with Crippen molar-refractivity contribution in [2.45, 2.75) is 63.6 Å². The van der Waals surface area contributed by atoms with Crippen LogP contribution in [0.25, 0.3) is 11.3 Å². The first-order valence-electron chi connectivity index (χ1n) is 14.2. The maximum Gasteiger partial charge on any atom is 0.408 e. The molecule has 3 rings (SSSR count). The number of alkyl carbamates (subject to hydrolysis) is 1. The first kappa shape index (κ1) is 38.6. The maximum absolute atomic E-state index is 14.6. The second kappa shape index (κ2) is 15.6. The van der Waals surface area contributed by atoms with Gasteiger partial charge >= 0.3 is 12.3 Å². The van der Waals surface area contributed by atoms with Crippen LogP contribution in [0.2, 0.25) is 5.02 Å². The Labute approximate surface area is 282 Å². The molecule has 0 radical (unpaired) electrons. The van der Waals surface area contributed by atoms with Gasteiger partial charge in [0.05, 0.1) is 34.9 Å². The van der Waals surface area contributed by atoms with Crippen LogP contribution >= 0.6 is 23.4 Å². The summed E-state index contributed by atoms with van der Waals surface area (Å²) in [4.78, 5) is 29.7. The molecule has 2 aromatic carbocycles. The van der Waals surface area contributed by atoms with Gasteiger partial charge in [0.25, 0.3) is 12.3 Å². The van der Waals surface area contributed by atoms with Crippen LogP contribution in [0, 0.1) is 5.82 Å². The Morgan fingerprint density at radius 3 is 2.25 bits per heavy atom. The Kier molecular flexibility index (Phi) is 12.5. The first-order chi connectivity index (χ1) is 22.2. The van der Waals surface area contributed by atoms with Crippen molar-refractivity contribution < 1.29 is 50.1 Å². The number of ether oxygens (including phenoxy) is 3. The van der Waals surface area contributed by atoms with E-state index in [9.17, 15) is 35.9 Å². The van der Waals surface area contributed by atoms with E-state index in [1.54, 1.807) is 34.6 Å². The van der Waals surface area contributed by atoms with Crippen molar-refractivity contribution in [3.63, 3.8) is 0 Å². The number of nitrogens with one attached hydrogen (secondary N) is 2. The van der Waals surface area contributed by atoms with E-state index in [0.717, 1.165) is 6.07 Å². The van der Waals surface area contributed by atoms with Gasteiger partial charge in [-0.15, -0.1) is 11.8 Å². The summed E-state index contributed by atoms with van der Waals surface area (Å²) < 4.78 is 98.1. The first-order valence-corrected chi connectivity index (χ1v) is 15.7. The van der Waals surface area contributed by atoms with E-state index in [1.807, 2.05) is 0 Å². The Morgan fingerprint density at radius 1 is 0.979 bits per heavy atom. The third-order valence-electron chi connectivity index (χ3n) is 6.43. The highest BCUT2D eigenvalue weighted by Gasteiger charge is 2.43. The minimum Gasteiger partial charge on any atom is -0.493 e. The zero-order valence-corrected chi connectivity index (χ0v) is 28.3. The van der Waals surface area contributed by atoms with Gasteiger partial charge in [-0.3, -0.25) is 9.78 Å². The number of amides is 2. The van der Waals surface area contributed by atoms with Crippen LogP contribution in [0.3, 0.4) is 0 Å². The van der Waals surface area contributed by atoms with E-state index in [-0.39, 0.29) is 38.9 Å². The largest absolute Gasteiger partial charge is 0.493 e. The van der Waals surface area contributed by atoms with Gasteiger partial charge in [-0.25, -0.2) is 18.0 Å². The lowest BCUT2D eigenvalue weighted by Gasteiger charge is -2.30. The van der Waals surface area contributed by atoms with E-state index in [0.29, 0.717) is 11.8 Å². The average Bonchev–Trinajstić information content (AvgIpc) is 2.97. The Bertz CT molecular complexity index is 1620. The van der Waals surface area contributed by atoms with Crippen LogP contribution in [0.15, 0.2) is 48.5 Å². The zero-order valence-electron chi connectivity index (χ0n) is 26.7. The molecule has 0 aliphatic carbocycles. The van der Waals surface area contributed by atoms with Crippen LogP contribution in [-0.2, 0) is 10.3 Å². The van der Waals surface area contributed by atoms with Crippen molar-refractivity contribution in [1.82, 2.24) is 15.6 Å². The van der Waals surface area contributed by atoms with Crippen molar-refractivity contribution in [1.29, 1.82) is 0 Å². The molecule has 16 heteroatoms. The zero-order chi connectivity index (χ0) is 36.0. The molecular formula is C32H34ClF6N3O5S. The van der Waals surface area contributed by atoms with Crippen molar-refractivity contribution >= 4 is 35.4 Å². The van der Waals surface area contributed by atoms with Gasteiger partial charge in [0, 0.05) is 11.1 Å². The number of nitrogens with zero attached hydrogens (tertiary/aromatic N) is 1. The molecule has 0 saturated carbocycles.